The fraction of sp³-hybridized carbons (Fsp3) is 0.211. The summed E-state index contributed by atoms with van der Waals surface area (Å²) in [6.07, 6.45) is 8.00. The van der Waals surface area contributed by atoms with Crippen LogP contribution in [0.25, 0.3) is 11.6 Å². The highest BCUT2D eigenvalue weighted by molar-refractivity contribution is 5.48. The molecule has 4 rings (SSSR count). The summed E-state index contributed by atoms with van der Waals surface area (Å²) in [6, 6.07) is 14.5. The summed E-state index contributed by atoms with van der Waals surface area (Å²) < 4.78 is 9.82. The Morgan fingerprint density at radius 1 is 1.12 bits per heavy atom. The second-order valence-corrected chi connectivity index (χ2v) is 5.94. The van der Waals surface area contributed by atoms with Crippen molar-refractivity contribution in [2.75, 3.05) is 0 Å². The van der Waals surface area contributed by atoms with E-state index in [1.807, 2.05) is 42.2 Å². The van der Waals surface area contributed by atoms with E-state index in [2.05, 4.69) is 43.9 Å². The Bertz CT molecular complexity index is 924. The summed E-state index contributed by atoms with van der Waals surface area (Å²) in [4.78, 5) is 8.55. The predicted molar refractivity (Wildman–Crippen MR) is 93.9 cm³/mol. The molecule has 0 aliphatic carbocycles. The second kappa shape index (κ2) is 6.76. The van der Waals surface area contributed by atoms with Crippen molar-refractivity contribution < 1.29 is 4.42 Å². The molecule has 0 fully saturated rings. The average molecular weight is 333 g/mol. The molecule has 6 nitrogen and oxygen atoms in total. The quantitative estimate of drug-likeness (QED) is 0.539. The van der Waals surface area contributed by atoms with Crippen molar-refractivity contribution >= 4 is 0 Å². The van der Waals surface area contributed by atoms with E-state index in [4.69, 9.17) is 4.42 Å². The van der Waals surface area contributed by atoms with Crippen molar-refractivity contribution in [1.29, 1.82) is 0 Å². The highest BCUT2D eigenvalue weighted by Gasteiger charge is 2.19. The monoisotopic (exact) mass is 333 g/mol. The number of furan rings is 1. The number of imidazole rings is 1. The maximum Gasteiger partial charge on any atom is 0.176 e. The molecular formula is C19H19N5O. The molecule has 126 valence electrons. The lowest BCUT2D eigenvalue weighted by Crippen LogP contribution is -2.14. The Kier molecular flexibility index (Phi) is 4.16. The van der Waals surface area contributed by atoms with Crippen molar-refractivity contribution in [2.24, 2.45) is 0 Å². The lowest BCUT2D eigenvalue weighted by Gasteiger charge is -2.21. The van der Waals surface area contributed by atoms with Gasteiger partial charge >= 0.3 is 0 Å². The Hall–Kier alpha value is -3.15. The van der Waals surface area contributed by atoms with Crippen LogP contribution in [0.4, 0.5) is 0 Å². The molecule has 1 aromatic carbocycles. The highest BCUT2D eigenvalue weighted by atomic mass is 16.3. The summed E-state index contributed by atoms with van der Waals surface area (Å²) in [5, 5.41) is 4.21. The van der Waals surface area contributed by atoms with Gasteiger partial charge in [-0.05, 0) is 31.0 Å². The van der Waals surface area contributed by atoms with Crippen molar-refractivity contribution in [1.82, 2.24) is 24.3 Å². The van der Waals surface area contributed by atoms with Crippen LogP contribution in [0.3, 0.4) is 0 Å². The third-order valence-corrected chi connectivity index (χ3v) is 4.25. The number of hydrogen-bond donors (Lipinski definition) is 0. The van der Waals surface area contributed by atoms with Crippen LogP contribution in [0.2, 0.25) is 0 Å². The zero-order chi connectivity index (χ0) is 17.1. The molecule has 0 unspecified atom stereocenters. The summed E-state index contributed by atoms with van der Waals surface area (Å²) in [6.45, 7) is 2.71. The number of rotatable bonds is 6. The van der Waals surface area contributed by atoms with Crippen LogP contribution in [0.1, 0.15) is 23.8 Å². The first-order valence-electron chi connectivity index (χ1n) is 8.28. The maximum absolute atomic E-state index is 5.79. The number of aryl methyl sites for hydroxylation is 2. The van der Waals surface area contributed by atoms with Crippen molar-refractivity contribution in [3.05, 3.63) is 78.8 Å². The van der Waals surface area contributed by atoms with Crippen LogP contribution in [0.5, 0.6) is 0 Å². The van der Waals surface area contributed by atoms with Gasteiger partial charge in [-0.25, -0.2) is 9.97 Å². The molecule has 0 saturated carbocycles. The molecule has 1 atom stereocenters. The zero-order valence-electron chi connectivity index (χ0n) is 14.0. The number of aromatic nitrogens is 5. The van der Waals surface area contributed by atoms with Gasteiger partial charge < -0.3 is 8.98 Å². The van der Waals surface area contributed by atoms with Gasteiger partial charge in [-0.2, -0.15) is 5.10 Å². The molecule has 0 saturated heterocycles. The van der Waals surface area contributed by atoms with Gasteiger partial charge in [0.15, 0.2) is 11.6 Å². The van der Waals surface area contributed by atoms with E-state index < -0.39 is 0 Å². The van der Waals surface area contributed by atoms with Gasteiger partial charge in [0, 0.05) is 18.9 Å². The summed E-state index contributed by atoms with van der Waals surface area (Å²) in [5.74, 6) is 2.49. The third-order valence-electron chi connectivity index (χ3n) is 4.25. The topological polar surface area (TPSA) is 61.7 Å². The van der Waals surface area contributed by atoms with Crippen molar-refractivity contribution in [3.63, 3.8) is 0 Å². The van der Waals surface area contributed by atoms with Crippen LogP contribution in [0, 0.1) is 6.92 Å². The minimum absolute atomic E-state index is 0.133. The normalized spacial score (nSPS) is 12.4. The SMILES string of the molecule is Cc1ccc(-c2nccn2[C@H](CCn2cncn2)c2ccccc2)o1. The standard InChI is InChI=1S/C19H19N5O/c1-15-7-8-18(25-15)19-21-10-12-24(19)17(16-5-3-2-4-6-16)9-11-23-14-20-13-22-23/h2-8,10,12-14,17H,9,11H2,1H3/t17-/m1/s1. The first kappa shape index (κ1) is 15.4. The molecule has 0 amide bonds. The lowest BCUT2D eigenvalue weighted by molar-refractivity contribution is 0.464. The molecule has 0 radical (unpaired) electrons. The first-order valence-corrected chi connectivity index (χ1v) is 8.28. The van der Waals surface area contributed by atoms with E-state index in [1.54, 1.807) is 12.7 Å². The van der Waals surface area contributed by atoms with Gasteiger partial charge in [0.1, 0.15) is 18.4 Å². The van der Waals surface area contributed by atoms with Crippen LogP contribution in [-0.2, 0) is 6.54 Å². The maximum atomic E-state index is 5.79. The van der Waals surface area contributed by atoms with E-state index in [-0.39, 0.29) is 6.04 Å². The molecule has 0 bridgehead atoms. The van der Waals surface area contributed by atoms with Crippen LogP contribution in [0.15, 0.2) is 71.9 Å². The van der Waals surface area contributed by atoms with Crippen molar-refractivity contribution in [3.8, 4) is 11.6 Å². The smallest absolute Gasteiger partial charge is 0.176 e. The molecule has 3 aromatic heterocycles. The summed E-state index contributed by atoms with van der Waals surface area (Å²) in [7, 11) is 0. The zero-order valence-corrected chi connectivity index (χ0v) is 14.0. The fourth-order valence-corrected chi connectivity index (χ4v) is 3.05. The van der Waals surface area contributed by atoms with Gasteiger partial charge in [-0.15, -0.1) is 0 Å². The van der Waals surface area contributed by atoms with E-state index in [9.17, 15) is 0 Å². The molecule has 0 spiro atoms. The fourth-order valence-electron chi connectivity index (χ4n) is 3.05. The van der Waals surface area contributed by atoms with Gasteiger partial charge in [0.05, 0.1) is 6.04 Å². The van der Waals surface area contributed by atoms with Crippen molar-refractivity contribution in [2.45, 2.75) is 25.9 Å². The second-order valence-electron chi connectivity index (χ2n) is 5.94. The average Bonchev–Trinajstić information content (AvgIpc) is 3.37. The molecule has 3 heterocycles. The van der Waals surface area contributed by atoms with Crippen LogP contribution in [-0.4, -0.2) is 24.3 Å². The van der Waals surface area contributed by atoms with E-state index in [1.165, 1.54) is 5.56 Å². The number of benzene rings is 1. The van der Waals surface area contributed by atoms with Gasteiger partial charge in [-0.1, -0.05) is 30.3 Å². The Morgan fingerprint density at radius 3 is 2.72 bits per heavy atom. The molecule has 25 heavy (non-hydrogen) atoms. The van der Waals surface area contributed by atoms with Gasteiger partial charge in [0.2, 0.25) is 0 Å². The first-order chi connectivity index (χ1) is 12.3. The molecule has 6 heteroatoms. The molecule has 4 aromatic rings. The predicted octanol–water partition coefficient (Wildman–Crippen LogP) is 3.72. The van der Waals surface area contributed by atoms with Crippen LogP contribution < -0.4 is 0 Å². The molecule has 0 N–H and O–H groups in total. The van der Waals surface area contributed by atoms with E-state index in [0.29, 0.717) is 0 Å². The molecule has 0 aliphatic heterocycles. The minimum Gasteiger partial charge on any atom is -0.458 e. The van der Waals surface area contributed by atoms with E-state index >= 15 is 0 Å². The van der Waals surface area contributed by atoms with E-state index in [0.717, 1.165) is 30.3 Å². The Labute approximate surface area is 145 Å². The number of nitrogens with zero attached hydrogens (tertiary/aromatic N) is 5. The largest absolute Gasteiger partial charge is 0.458 e. The summed E-state index contributed by atoms with van der Waals surface area (Å²) in [5.41, 5.74) is 1.23. The van der Waals surface area contributed by atoms with Crippen LogP contribution >= 0.6 is 0 Å². The Balaban J connectivity index is 1.70. The Morgan fingerprint density at radius 2 is 2.00 bits per heavy atom. The highest BCUT2D eigenvalue weighted by Crippen LogP contribution is 2.29. The number of hydrogen-bond acceptors (Lipinski definition) is 4. The van der Waals surface area contributed by atoms with Gasteiger partial charge in [-0.3, -0.25) is 4.68 Å². The summed E-state index contributed by atoms with van der Waals surface area (Å²) >= 11 is 0. The van der Waals surface area contributed by atoms with Gasteiger partial charge in [0.25, 0.3) is 0 Å². The minimum atomic E-state index is 0.133. The molecular weight excluding hydrogens is 314 g/mol. The third kappa shape index (κ3) is 3.24. The lowest BCUT2D eigenvalue weighted by atomic mass is 10.0. The molecule has 0 aliphatic rings.